The molecule has 1 aromatic heterocycles. The molecule has 0 atom stereocenters. The number of aromatic nitrogens is 1. The first kappa shape index (κ1) is 26.4. The van der Waals surface area contributed by atoms with Crippen LogP contribution in [0.25, 0.3) is 22.0 Å². The molecule has 39 heavy (non-hydrogen) atoms. The molecule has 2 N–H and O–H groups in total. The first-order valence-electron chi connectivity index (χ1n) is 11.8. The molecule has 1 amide bonds. The Morgan fingerprint density at radius 2 is 1.59 bits per heavy atom. The van der Waals surface area contributed by atoms with Gasteiger partial charge in [-0.1, -0.05) is 80.4 Å². The maximum absolute atomic E-state index is 13.4. The molecular formula is C30H21Br2N3O4. The van der Waals surface area contributed by atoms with Crippen LogP contribution in [0.5, 0.6) is 11.5 Å². The van der Waals surface area contributed by atoms with Gasteiger partial charge in [-0.3, -0.25) is 4.79 Å². The third-order valence-corrected chi connectivity index (χ3v) is 7.08. The third kappa shape index (κ3) is 5.64. The summed E-state index contributed by atoms with van der Waals surface area (Å²) in [5.41, 5.74) is 6.09. The number of aromatic amines is 1. The lowest BCUT2D eigenvalue weighted by Crippen LogP contribution is -2.19. The van der Waals surface area contributed by atoms with Crippen LogP contribution >= 0.6 is 31.9 Å². The van der Waals surface area contributed by atoms with Gasteiger partial charge in [0.15, 0.2) is 0 Å². The van der Waals surface area contributed by atoms with Crippen molar-refractivity contribution in [1.29, 1.82) is 0 Å². The molecule has 0 aliphatic rings. The lowest BCUT2D eigenvalue weighted by molar-refractivity contribution is 0.0734. The van der Waals surface area contributed by atoms with E-state index in [0.29, 0.717) is 39.4 Å². The first-order valence-corrected chi connectivity index (χ1v) is 13.4. The number of hydrazone groups is 1. The van der Waals surface area contributed by atoms with E-state index in [1.807, 2.05) is 48.5 Å². The lowest BCUT2D eigenvalue weighted by atomic mass is 10.0. The van der Waals surface area contributed by atoms with Crippen molar-refractivity contribution in [3.8, 4) is 22.6 Å². The van der Waals surface area contributed by atoms with Gasteiger partial charge in [-0.25, -0.2) is 10.2 Å². The molecule has 0 aliphatic carbocycles. The fourth-order valence-corrected chi connectivity index (χ4v) is 5.04. The molecule has 0 saturated carbocycles. The predicted octanol–water partition coefficient (Wildman–Crippen LogP) is 7.35. The Morgan fingerprint density at radius 3 is 2.31 bits per heavy atom. The van der Waals surface area contributed by atoms with Crippen LogP contribution in [0.15, 0.2) is 105 Å². The average molecular weight is 647 g/mol. The van der Waals surface area contributed by atoms with E-state index < -0.39 is 11.9 Å². The number of carbonyl (C=O) groups excluding carboxylic acids is 2. The molecule has 0 radical (unpaired) electrons. The zero-order chi connectivity index (χ0) is 27.4. The van der Waals surface area contributed by atoms with Crippen LogP contribution in [0.1, 0.15) is 26.4 Å². The first-order chi connectivity index (χ1) is 19.0. The van der Waals surface area contributed by atoms with E-state index in [1.165, 1.54) is 6.21 Å². The van der Waals surface area contributed by atoms with Crippen LogP contribution in [0.2, 0.25) is 0 Å². The van der Waals surface area contributed by atoms with Gasteiger partial charge in [0, 0.05) is 25.5 Å². The molecule has 0 aliphatic heterocycles. The molecule has 194 valence electrons. The summed E-state index contributed by atoms with van der Waals surface area (Å²) in [5, 5.41) is 4.99. The number of nitrogens with one attached hydrogen (secondary N) is 2. The van der Waals surface area contributed by atoms with Crippen molar-refractivity contribution in [2.45, 2.75) is 0 Å². The smallest absolute Gasteiger partial charge is 0.343 e. The number of esters is 1. The van der Waals surface area contributed by atoms with Crippen molar-refractivity contribution in [3.05, 3.63) is 117 Å². The number of benzene rings is 4. The van der Waals surface area contributed by atoms with Gasteiger partial charge in [0.1, 0.15) is 17.2 Å². The van der Waals surface area contributed by atoms with Crippen molar-refractivity contribution in [2.24, 2.45) is 5.10 Å². The Balaban J connectivity index is 1.46. The zero-order valence-corrected chi connectivity index (χ0v) is 23.7. The van der Waals surface area contributed by atoms with E-state index in [9.17, 15) is 9.59 Å². The Kier molecular flexibility index (Phi) is 7.90. The number of nitrogens with zero attached hydrogens (tertiary/aromatic N) is 1. The highest BCUT2D eigenvalue weighted by molar-refractivity contribution is 9.11. The molecule has 0 saturated heterocycles. The van der Waals surface area contributed by atoms with Gasteiger partial charge < -0.3 is 14.5 Å². The van der Waals surface area contributed by atoms with E-state index in [4.69, 9.17) is 9.47 Å². The monoisotopic (exact) mass is 645 g/mol. The van der Waals surface area contributed by atoms with Crippen LogP contribution in [0, 0.1) is 0 Å². The van der Waals surface area contributed by atoms with E-state index in [1.54, 1.807) is 49.6 Å². The largest absolute Gasteiger partial charge is 0.495 e. The number of methoxy groups -OCH3 is 1. The fourth-order valence-electron chi connectivity index (χ4n) is 4.14. The molecule has 0 fully saturated rings. The Morgan fingerprint density at radius 1 is 0.897 bits per heavy atom. The van der Waals surface area contributed by atoms with Gasteiger partial charge in [0.2, 0.25) is 0 Å². The maximum atomic E-state index is 13.4. The Bertz CT molecular complexity index is 1700. The minimum atomic E-state index is -0.498. The molecule has 5 rings (SSSR count). The van der Waals surface area contributed by atoms with Crippen molar-refractivity contribution < 1.29 is 19.1 Å². The van der Waals surface area contributed by atoms with Gasteiger partial charge in [0.25, 0.3) is 5.91 Å². The third-order valence-electron chi connectivity index (χ3n) is 5.93. The zero-order valence-electron chi connectivity index (χ0n) is 20.6. The van der Waals surface area contributed by atoms with Gasteiger partial charge in [-0.15, -0.1) is 0 Å². The lowest BCUT2D eigenvalue weighted by Gasteiger charge is -2.08. The highest BCUT2D eigenvalue weighted by atomic mass is 79.9. The molecule has 7 nitrogen and oxygen atoms in total. The van der Waals surface area contributed by atoms with E-state index in [-0.39, 0.29) is 0 Å². The quantitative estimate of drug-likeness (QED) is 0.0837. The second-order valence-electron chi connectivity index (χ2n) is 8.38. The predicted molar refractivity (Wildman–Crippen MR) is 159 cm³/mol. The summed E-state index contributed by atoms with van der Waals surface area (Å²) in [7, 11) is 1.58. The molecule has 0 unspecified atom stereocenters. The normalized spacial score (nSPS) is 11.1. The van der Waals surface area contributed by atoms with Crippen LogP contribution in [0.3, 0.4) is 0 Å². The van der Waals surface area contributed by atoms with Gasteiger partial charge in [0.05, 0.1) is 24.4 Å². The average Bonchev–Trinajstić information content (AvgIpc) is 3.37. The number of H-pyrrole nitrogens is 1. The second kappa shape index (κ2) is 11.7. The topological polar surface area (TPSA) is 92.8 Å². The summed E-state index contributed by atoms with van der Waals surface area (Å²) >= 11 is 7.05. The van der Waals surface area contributed by atoms with Crippen molar-refractivity contribution in [3.63, 3.8) is 0 Å². The number of fused-ring (bicyclic) bond motifs is 1. The summed E-state index contributed by atoms with van der Waals surface area (Å²) in [5.74, 6) is -0.0453. The second-order valence-corrected chi connectivity index (χ2v) is 10.1. The molecular weight excluding hydrogens is 626 g/mol. The number of ether oxygens (including phenoxy) is 2. The number of hydrogen-bond donors (Lipinski definition) is 2. The van der Waals surface area contributed by atoms with E-state index in [2.05, 4.69) is 47.4 Å². The summed E-state index contributed by atoms with van der Waals surface area (Å²) < 4.78 is 12.7. The molecule has 4 aromatic carbocycles. The highest BCUT2D eigenvalue weighted by Gasteiger charge is 2.23. The van der Waals surface area contributed by atoms with Crippen molar-refractivity contribution in [1.82, 2.24) is 10.4 Å². The highest BCUT2D eigenvalue weighted by Crippen LogP contribution is 2.40. The van der Waals surface area contributed by atoms with Crippen LogP contribution < -0.4 is 14.9 Å². The summed E-state index contributed by atoms with van der Waals surface area (Å²) in [6.45, 7) is 0. The SMILES string of the molecule is COc1ccc(Br)c2c(-c3ccccc3)c(C(=O)NN=Cc3cc(Br)ccc3OC(=O)c3ccccc3)[nH]c12. The Hall–Kier alpha value is -4.21. The molecule has 5 aromatic rings. The number of halogens is 2. The minimum Gasteiger partial charge on any atom is -0.495 e. The standard InChI is InChI=1S/C30H21Br2N3O4/c1-38-24-15-13-22(32)26-25(18-8-4-2-5-9-18)28(34-27(24)26)29(36)35-33-17-20-16-21(31)12-14-23(20)39-30(37)19-10-6-3-7-11-19/h2-17,34H,1H3,(H,35,36). The fraction of sp³-hybridized carbons (Fsp3) is 0.0333. The van der Waals surface area contributed by atoms with Crippen molar-refractivity contribution in [2.75, 3.05) is 7.11 Å². The summed E-state index contributed by atoms with van der Waals surface area (Å²) in [6, 6.07) is 27.2. The molecule has 0 spiro atoms. The molecule has 9 heteroatoms. The van der Waals surface area contributed by atoms with Crippen molar-refractivity contribution >= 4 is 60.9 Å². The van der Waals surface area contributed by atoms with Gasteiger partial charge >= 0.3 is 5.97 Å². The van der Waals surface area contributed by atoms with Crippen LogP contribution in [-0.4, -0.2) is 30.2 Å². The Labute approximate surface area is 241 Å². The maximum Gasteiger partial charge on any atom is 0.343 e. The molecule has 0 bridgehead atoms. The number of amides is 1. The summed E-state index contributed by atoms with van der Waals surface area (Å²) in [4.78, 5) is 29.2. The van der Waals surface area contributed by atoms with E-state index >= 15 is 0 Å². The van der Waals surface area contributed by atoms with Crippen LogP contribution in [-0.2, 0) is 0 Å². The number of carbonyl (C=O) groups is 2. The van der Waals surface area contributed by atoms with Gasteiger partial charge in [-0.05, 0) is 48.0 Å². The molecule has 1 heterocycles. The van der Waals surface area contributed by atoms with Crippen LogP contribution in [0.4, 0.5) is 0 Å². The number of hydrogen-bond acceptors (Lipinski definition) is 5. The minimum absolute atomic E-state index is 0.300. The number of rotatable bonds is 7. The summed E-state index contributed by atoms with van der Waals surface area (Å²) in [6.07, 6.45) is 1.43. The van der Waals surface area contributed by atoms with Gasteiger partial charge in [-0.2, -0.15) is 5.10 Å². The van der Waals surface area contributed by atoms with E-state index in [0.717, 1.165) is 19.9 Å².